The molecule has 6 heteroatoms. The number of rotatable bonds is 6. The third-order valence-corrected chi connectivity index (χ3v) is 7.80. The van der Waals surface area contributed by atoms with Crippen LogP contribution in [-0.2, 0) is 0 Å². The first kappa shape index (κ1) is 22.1. The first-order chi connectivity index (χ1) is 16.1. The molecule has 1 aliphatic carbocycles. The summed E-state index contributed by atoms with van der Waals surface area (Å²) in [5.74, 6) is 0.988. The predicted molar refractivity (Wildman–Crippen MR) is 127 cm³/mol. The summed E-state index contributed by atoms with van der Waals surface area (Å²) < 4.78 is 18.8. The molecule has 2 heterocycles. The Balaban J connectivity index is 1.09. The van der Waals surface area contributed by atoms with Gasteiger partial charge in [0, 0.05) is 22.9 Å². The normalized spacial score (nSPS) is 22.6. The van der Waals surface area contributed by atoms with Gasteiger partial charge in [0.05, 0.1) is 5.69 Å². The molecule has 0 atom stereocenters. The number of piperidine rings is 1. The standard InChI is InChI=1S/C27H32FN3O2/c28-21-9-10-24-25(17-21)33-30-26(24)20-12-15-31(16-13-20)14-11-18-5-7-19(8-6-18)22-3-1-2-4-23(22)27(29)32/h1-4,9-10,17-20H,5-8,11-16H2,(H2,29,32). The van der Waals surface area contributed by atoms with E-state index in [4.69, 9.17) is 10.3 Å². The first-order valence-corrected chi connectivity index (χ1v) is 12.2. The summed E-state index contributed by atoms with van der Waals surface area (Å²) in [6, 6.07) is 12.5. The van der Waals surface area contributed by atoms with E-state index in [1.807, 2.05) is 18.2 Å². The van der Waals surface area contributed by atoms with E-state index in [0.717, 1.165) is 67.9 Å². The molecule has 1 amide bonds. The Kier molecular flexibility index (Phi) is 6.45. The maximum absolute atomic E-state index is 13.4. The van der Waals surface area contributed by atoms with Crippen molar-refractivity contribution in [2.75, 3.05) is 19.6 Å². The monoisotopic (exact) mass is 449 g/mol. The Bertz CT molecular complexity index is 1110. The summed E-state index contributed by atoms with van der Waals surface area (Å²) in [4.78, 5) is 14.4. The van der Waals surface area contributed by atoms with Gasteiger partial charge in [0.1, 0.15) is 5.82 Å². The summed E-state index contributed by atoms with van der Waals surface area (Å²) in [5.41, 5.74) is 8.93. The molecule has 2 aromatic carbocycles. The molecule has 5 nitrogen and oxygen atoms in total. The number of carbonyl (C=O) groups is 1. The molecule has 5 rings (SSSR count). The largest absolute Gasteiger partial charge is 0.366 e. The van der Waals surface area contributed by atoms with Crippen LogP contribution in [0.4, 0.5) is 4.39 Å². The average Bonchev–Trinajstić information content (AvgIpc) is 3.26. The summed E-state index contributed by atoms with van der Waals surface area (Å²) in [6.45, 7) is 3.29. The molecule has 1 aromatic heterocycles. The van der Waals surface area contributed by atoms with Crippen molar-refractivity contribution in [1.29, 1.82) is 0 Å². The lowest BCUT2D eigenvalue weighted by Crippen LogP contribution is -2.34. The highest BCUT2D eigenvalue weighted by atomic mass is 19.1. The van der Waals surface area contributed by atoms with Gasteiger partial charge < -0.3 is 15.2 Å². The van der Waals surface area contributed by atoms with Crippen LogP contribution < -0.4 is 5.73 Å². The number of nitrogens with two attached hydrogens (primary N) is 1. The van der Waals surface area contributed by atoms with Gasteiger partial charge in [-0.25, -0.2) is 4.39 Å². The number of hydrogen-bond acceptors (Lipinski definition) is 4. The number of carbonyl (C=O) groups excluding carboxylic acids is 1. The molecule has 0 bridgehead atoms. The van der Waals surface area contributed by atoms with Crippen LogP contribution in [0.5, 0.6) is 0 Å². The van der Waals surface area contributed by atoms with Crippen molar-refractivity contribution in [2.24, 2.45) is 11.7 Å². The van der Waals surface area contributed by atoms with Crippen LogP contribution in [0.15, 0.2) is 47.0 Å². The summed E-state index contributed by atoms with van der Waals surface area (Å²) in [6.07, 6.45) is 8.07. The van der Waals surface area contributed by atoms with E-state index in [0.29, 0.717) is 23.0 Å². The zero-order valence-electron chi connectivity index (χ0n) is 19.0. The minimum absolute atomic E-state index is 0.286. The minimum atomic E-state index is -0.318. The van der Waals surface area contributed by atoms with Crippen LogP contribution in [0.25, 0.3) is 11.0 Å². The molecule has 2 N–H and O–H groups in total. The van der Waals surface area contributed by atoms with Crippen LogP contribution in [-0.4, -0.2) is 35.6 Å². The Morgan fingerprint density at radius 3 is 2.55 bits per heavy atom. The Hall–Kier alpha value is -2.73. The molecule has 2 fully saturated rings. The van der Waals surface area contributed by atoms with E-state index in [2.05, 4.69) is 16.1 Å². The SMILES string of the molecule is NC(=O)c1ccccc1C1CCC(CCN2CCC(c3noc4cc(F)ccc34)CC2)CC1. The van der Waals surface area contributed by atoms with E-state index in [-0.39, 0.29) is 11.7 Å². The Morgan fingerprint density at radius 2 is 1.79 bits per heavy atom. The van der Waals surface area contributed by atoms with Gasteiger partial charge in [0.25, 0.3) is 0 Å². The maximum atomic E-state index is 13.4. The second-order valence-corrected chi connectivity index (χ2v) is 9.78. The maximum Gasteiger partial charge on any atom is 0.248 e. The van der Waals surface area contributed by atoms with Gasteiger partial charge in [-0.15, -0.1) is 0 Å². The van der Waals surface area contributed by atoms with Crippen LogP contribution in [0.1, 0.15) is 78.4 Å². The summed E-state index contributed by atoms with van der Waals surface area (Å²) in [7, 11) is 0. The number of amides is 1. The van der Waals surface area contributed by atoms with Gasteiger partial charge in [-0.1, -0.05) is 23.4 Å². The predicted octanol–water partition coefficient (Wildman–Crippen LogP) is 5.61. The fourth-order valence-electron chi connectivity index (χ4n) is 5.86. The van der Waals surface area contributed by atoms with Crippen LogP contribution in [0, 0.1) is 11.7 Å². The van der Waals surface area contributed by atoms with Gasteiger partial charge in [-0.3, -0.25) is 4.79 Å². The molecule has 0 spiro atoms. The number of fused-ring (bicyclic) bond motifs is 1. The molecule has 33 heavy (non-hydrogen) atoms. The Labute approximate surface area is 194 Å². The highest BCUT2D eigenvalue weighted by Gasteiger charge is 2.28. The van der Waals surface area contributed by atoms with Gasteiger partial charge in [-0.2, -0.15) is 0 Å². The lowest BCUT2D eigenvalue weighted by molar-refractivity contribution is 0.0998. The molecule has 1 saturated heterocycles. The van der Waals surface area contributed by atoms with Crippen LogP contribution in [0.3, 0.4) is 0 Å². The summed E-state index contributed by atoms with van der Waals surface area (Å²) in [5, 5.41) is 5.21. The molecule has 2 aliphatic rings. The van der Waals surface area contributed by atoms with Crippen molar-refractivity contribution in [3.8, 4) is 0 Å². The number of likely N-dealkylation sites (tertiary alicyclic amines) is 1. The molecule has 1 aliphatic heterocycles. The third-order valence-electron chi connectivity index (χ3n) is 7.80. The van der Waals surface area contributed by atoms with Crippen molar-refractivity contribution in [3.05, 3.63) is 65.1 Å². The zero-order chi connectivity index (χ0) is 22.8. The molecule has 1 saturated carbocycles. The van der Waals surface area contributed by atoms with E-state index < -0.39 is 0 Å². The fourth-order valence-corrected chi connectivity index (χ4v) is 5.86. The van der Waals surface area contributed by atoms with Crippen molar-refractivity contribution in [2.45, 2.75) is 56.8 Å². The average molecular weight is 450 g/mol. The zero-order valence-corrected chi connectivity index (χ0v) is 19.0. The molecular formula is C27H32FN3O2. The highest BCUT2D eigenvalue weighted by molar-refractivity contribution is 5.94. The molecule has 0 radical (unpaired) electrons. The van der Waals surface area contributed by atoms with Gasteiger partial charge in [0.15, 0.2) is 5.58 Å². The van der Waals surface area contributed by atoms with E-state index in [9.17, 15) is 9.18 Å². The van der Waals surface area contributed by atoms with E-state index >= 15 is 0 Å². The third kappa shape index (κ3) is 4.81. The van der Waals surface area contributed by atoms with Crippen LogP contribution in [0.2, 0.25) is 0 Å². The van der Waals surface area contributed by atoms with Gasteiger partial charge in [0.2, 0.25) is 5.91 Å². The number of hydrogen-bond donors (Lipinski definition) is 1. The number of aromatic nitrogens is 1. The highest BCUT2D eigenvalue weighted by Crippen LogP contribution is 2.39. The lowest BCUT2D eigenvalue weighted by atomic mass is 9.76. The minimum Gasteiger partial charge on any atom is -0.366 e. The van der Waals surface area contributed by atoms with Crippen molar-refractivity contribution >= 4 is 16.9 Å². The number of nitrogens with zero attached hydrogens (tertiary/aromatic N) is 2. The molecular weight excluding hydrogens is 417 g/mol. The van der Waals surface area contributed by atoms with Crippen LogP contribution >= 0.6 is 0 Å². The fraction of sp³-hybridized carbons (Fsp3) is 0.481. The quantitative estimate of drug-likeness (QED) is 0.531. The van der Waals surface area contributed by atoms with E-state index in [1.165, 1.54) is 31.4 Å². The molecule has 3 aromatic rings. The first-order valence-electron chi connectivity index (χ1n) is 12.2. The molecule has 0 unspecified atom stereocenters. The van der Waals surface area contributed by atoms with Crippen molar-refractivity contribution in [3.63, 3.8) is 0 Å². The Morgan fingerprint density at radius 1 is 1.03 bits per heavy atom. The smallest absolute Gasteiger partial charge is 0.248 e. The second-order valence-electron chi connectivity index (χ2n) is 9.78. The topological polar surface area (TPSA) is 72.4 Å². The number of primary amides is 1. The van der Waals surface area contributed by atoms with Gasteiger partial charge in [-0.05, 0) is 100 Å². The van der Waals surface area contributed by atoms with E-state index in [1.54, 1.807) is 6.07 Å². The van der Waals surface area contributed by atoms with Crippen molar-refractivity contribution < 1.29 is 13.7 Å². The molecule has 174 valence electrons. The lowest BCUT2D eigenvalue weighted by Gasteiger charge is -2.34. The number of benzene rings is 2. The number of halogens is 1. The summed E-state index contributed by atoms with van der Waals surface area (Å²) >= 11 is 0. The van der Waals surface area contributed by atoms with Gasteiger partial charge >= 0.3 is 0 Å². The second kappa shape index (κ2) is 9.64. The van der Waals surface area contributed by atoms with Crippen molar-refractivity contribution in [1.82, 2.24) is 10.1 Å².